The molecule has 1 atom stereocenters. The van der Waals surface area contributed by atoms with Crippen molar-refractivity contribution in [1.29, 1.82) is 0 Å². The summed E-state index contributed by atoms with van der Waals surface area (Å²) in [7, 11) is 0. The van der Waals surface area contributed by atoms with E-state index >= 15 is 0 Å². The molecule has 2 aliphatic rings. The number of benzene rings is 1. The Morgan fingerprint density at radius 1 is 1.04 bits per heavy atom. The van der Waals surface area contributed by atoms with Gasteiger partial charge in [-0.15, -0.1) is 0 Å². The molecule has 2 fully saturated rings. The summed E-state index contributed by atoms with van der Waals surface area (Å²) in [6, 6.07) is 12.0. The van der Waals surface area contributed by atoms with Crippen LogP contribution in [0.3, 0.4) is 0 Å². The van der Waals surface area contributed by atoms with E-state index in [0.717, 1.165) is 43.9 Å². The van der Waals surface area contributed by atoms with Gasteiger partial charge < -0.3 is 9.80 Å². The average molecular weight is 349 g/mol. The van der Waals surface area contributed by atoms with E-state index in [1.165, 1.54) is 30.4 Å². The van der Waals surface area contributed by atoms with Crippen molar-refractivity contribution in [3.63, 3.8) is 0 Å². The number of carbonyl (C=O) groups is 1. The third kappa shape index (κ3) is 3.33. The van der Waals surface area contributed by atoms with Gasteiger partial charge in [0.25, 0.3) is 5.91 Å². The van der Waals surface area contributed by atoms with Gasteiger partial charge in [0.05, 0.1) is 6.04 Å². The maximum absolute atomic E-state index is 12.9. The zero-order chi connectivity index (χ0) is 17.9. The molecule has 4 nitrogen and oxygen atoms in total. The number of carbonyl (C=O) groups excluding carboxylic acids is 1. The van der Waals surface area contributed by atoms with Gasteiger partial charge in [-0.05, 0) is 68.4 Å². The highest BCUT2D eigenvalue weighted by atomic mass is 16.2. The Kier molecular flexibility index (Phi) is 4.91. The highest BCUT2D eigenvalue weighted by Crippen LogP contribution is 2.34. The number of hydrogen-bond donors (Lipinski definition) is 0. The normalized spacial score (nSPS) is 20.4. The van der Waals surface area contributed by atoms with E-state index in [-0.39, 0.29) is 11.9 Å². The molecule has 0 bridgehead atoms. The summed E-state index contributed by atoms with van der Waals surface area (Å²) in [5.41, 5.74) is 3.17. The van der Waals surface area contributed by atoms with E-state index in [4.69, 9.17) is 4.98 Å². The minimum absolute atomic E-state index is 0.130. The Labute approximate surface area is 155 Å². The van der Waals surface area contributed by atoms with Crippen LogP contribution in [0.2, 0.25) is 0 Å². The van der Waals surface area contributed by atoms with Gasteiger partial charge in [-0.3, -0.25) is 4.79 Å². The molecule has 1 amide bonds. The number of rotatable bonds is 3. The highest BCUT2D eigenvalue weighted by Gasteiger charge is 2.31. The second-order valence-corrected chi connectivity index (χ2v) is 7.48. The molecule has 136 valence electrons. The highest BCUT2D eigenvalue weighted by molar-refractivity contribution is 5.94. The fourth-order valence-corrected chi connectivity index (χ4v) is 4.31. The van der Waals surface area contributed by atoms with E-state index < -0.39 is 0 Å². The molecule has 26 heavy (non-hydrogen) atoms. The summed E-state index contributed by atoms with van der Waals surface area (Å²) in [5.74, 6) is 1.25. The number of piperidine rings is 1. The second-order valence-electron chi connectivity index (χ2n) is 7.48. The fraction of sp³-hybridized carbons (Fsp3) is 0.455. The fourth-order valence-electron chi connectivity index (χ4n) is 4.31. The van der Waals surface area contributed by atoms with E-state index in [1.54, 1.807) is 0 Å². The van der Waals surface area contributed by atoms with Crippen LogP contribution in [0, 0.1) is 6.92 Å². The smallest absolute Gasteiger partial charge is 0.254 e. The Hall–Kier alpha value is -2.36. The van der Waals surface area contributed by atoms with Crippen LogP contribution in [0.25, 0.3) is 0 Å². The number of pyridine rings is 1. The van der Waals surface area contributed by atoms with Crippen LogP contribution in [0.15, 0.2) is 42.6 Å². The van der Waals surface area contributed by atoms with Gasteiger partial charge in [0.1, 0.15) is 5.82 Å². The maximum atomic E-state index is 12.9. The third-order valence-corrected chi connectivity index (χ3v) is 5.65. The number of likely N-dealkylation sites (tertiary alicyclic amines) is 1. The Morgan fingerprint density at radius 2 is 1.81 bits per heavy atom. The molecule has 1 aromatic carbocycles. The summed E-state index contributed by atoms with van der Waals surface area (Å²) in [6.07, 6.45) is 7.90. The van der Waals surface area contributed by atoms with Crippen LogP contribution < -0.4 is 4.90 Å². The van der Waals surface area contributed by atoms with Crippen molar-refractivity contribution in [3.8, 4) is 0 Å². The van der Waals surface area contributed by atoms with Gasteiger partial charge in [0.2, 0.25) is 0 Å². The number of amides is 1. The van der Waals surface area contributed by atoms with E-state index in [1.807, 2.05) is 41.4 Å². The summed E-state index contributed by atoms with van der Waals surface area (Å²) in [5, 5.41) is 0. The summed E-state index contributed by atoms with van der Waals surface area (Å²) >= 11 is 0. The van der Waals surface area contributed by atoms with Crippen molar-refractivity contribution in [2.24, 2.45) is 0 Å². The molecule has 0 aliphatic carbocycles. The molecule has 1 aromatic heterocycles. The third-order valence-electron chi connectivity index (χ3n) is 5.65. The first-order valence-electron chi connectivity index (χ1n) is 9.81. The lowest BCUT2D eigenvalue weighted by molar-refractivity contribution is 0.0735. The van der Waals surface area contributed by atoms with Crippen LogP contribution in [0.5, 0.6) is 0 Å². The van der Waals surface area contributed by atoms with Gasteiger partial charge in [0.15, 0.2) is 0 Å². The number of aryl methyl sites for hydroxylation is 1. The lowest BCUT2D eigenvalue weighted by atomic mass is 10.0. The largest absolute Gasteiger partial charge is 0.356 e. The van der Waals surface area contributed by atoms with Crippen LogP contribution in [-0.2, 0) is 0 Å². The van der Waals surface area contributed by atoms with Gasteiger partial charge in [-0.2, -0.15) is 0 Å². The molecule has 2 aliphatic heterocycles. The minimum atomic E-state index is 0.130. The van der Waals surface area contributed by atoms with Crippen LogP contribution >= 0.6 is 0 Å². The summed E-state index contributed by atoms with van der Waals surface area (Å²) in [6.45, 7) is 5.19. The monoisotopic (exact) mass is 349 g/mol. The van der Waals surface area contributed by atoms with E-state index in [9.17, 15) is 4.79 Å². The first-order valence-corrected chi connectivity index (χ1v) is 9.81. The molecule has 3 heterocycles. The number of hydrogen-bond acceptors (Lipinski definition) is 3. The molecule has 4 heteroatoms. The molecular formula is C22H27N3O. The minimum Gasteiger partial charge on any atom is -0.356 e. The van der Waals surface area contributed by atoms with Crippen molar-refractivity contribution < 1.29 is 4.79 Å². The van der Waals surface area contributed by atoms with E-state index in [0.29, 0.717) is 0 Å². The quantitative estimate of drug-likeness (QED) is 0.826. The van der Waals surface area contributed by atoms with Gasteiger partial charge in [0, 0.05) is 31.4 Å². The number of aromatic nitrogens is 1. The Balaban J connectivity index is 1.56. The van der Waals surface area contributed by atoms with E-state index in [2.05, 4.69) is 17.9 Å². The van der Waals surface area contributed by atoms with Gasteiger partial charge in [-0.25, -0.2) is 4.98 Å². The molecule has 0 unspecified atom stereocenters. The predicted octanol–water partition coefficient (Wildman–Crippen LogP) is 4.36. The summed E-state index contributed by atoms with van der Waals surface area (Å²) in [4.78, 5) is 22.2. The van der Waals surface area contributed by atoms with Crippen molar-refractivity contribution in [2.75, 3.05) is 24.5 Å². The van der Waals surface area contributed by atoms with Crippen molar-refractivity contribution in [1.82, 2.24) is 9.88 Å². The average Bonchev–Trinajstić information content (AvgIpc) is 3.18. The van der Waals surface area contributed by atoms with Crippen molar-refractivity contribution in [2.45, 2.75) is 45.1 Å². The number of anilines is 1. The Bertz CT molecular complexity index is 768. The lowest BCUT2D eigenvalue weighted by Crippen LogP contribution is -2.32. The molecule has 0 spiro atoms. The first kappa shape index (κ1) is 17.1. The SMILES string of the molecule is Cc1cc([C@@H]2CCCN2C(=O)c2ccccc2)cnc1N1CCCCC1. The first-order chi connectivity index (χ1) is 12.7. The molecule has 0 N–H and O–H groups in total. The van der Waals surface area contributed by atoms with Gasteiger partial charge >= 0.3 is 0 Å². The summed E-state index contributed by atoms with van der Waals surface area (Å²) < 4.78 is 0. The molecule has 0 saturated carbocycles. The number of nitrogens with zero attached hydrogens (tertiary/aromatic N) is 3. The van der Waals surface area contributed by atoms with Crippen LogP contribution in [0.1, 0.15) is 59.6 Å². The maximum Gasteiger partial charge on any atom is 0.254 e. The van der Waals surface area contributed by atoms with Crippen molar-refractivity contribution in [3.05, 3.63) is 59.3 Å². The molecular weight excluding hydrogens is 322 g/mol. The predicted molar refractivity (Wildman–Crippen MR) is 104 cm³/mol. The molecule has 2 aromatic rings. The van der Waals surface area contributed by atoms with Crippen molar-refractivity contribution >= 4 is 11.7 Å². The zero-order valence-corrected chi connectivity index (χ0v) is 15.5. The Morgan fingerprint density at radius 3 is 2.54 bits per heavy atom. The second kappa shape index (κ2) is 7.48. The van der Waals surface area contributed by atoms with Gasteiger partial charge in [-0.1, -0.05) is 18.2 Å². The zero-order valence-electron chi connectivity index (χ0n) is 15.5. The lowest BCUT2D eigenvalue weighted by Gasteiger charge is -2.30. The van der Waals surface area contributed by atoms with Crippen LogP contribution in [-0.4, -0.2) is 35.4 Å². The topological polar surface area (TPSA) is 36.4 Å². The molecule has 2 saturated heterocycles. The van der Waals surface area contributed by atoms with Crippen LogP contribution in [0.4, 0.5) is 5.82 Å². The molecule has 0 radical (unpaired) electrons. The molecule has 4 rings (SSSR count). The standard InChI is InChI=1S/C22H27N3O/c1-17-15-19(16-23-21(17)24-12-6-3-7-13-24)20-11-8-14-25(20)22(26)18-9-4-2-5-10-18/h2,4-5,9-10,15-16,20H,3,6-8,11-14H2,1H3/t20-/m0/s1.